The van der Waals surface area contributed by atoms with Crippen LogP contribution in [0, 0.1) is 5.92 Å². The van der Waals surface area contributed by atoms with Crippen LogP contribution in [0.3, 0.4) is 0 Å². The zero-order valence-corrected chi connectivity index (χ0v) is 21.8. The van der Waals surface area contributed by atoms with Crippen LogP contribution in [0.1, 0.15) is 123 Å². The van der Waals surface area contributed by atoms with Crippen molar-refractivity contribution in [3.63, 3.8) is 0 Å². The van der Waals surface area contributed by atoms with Crippen LogP contribution in [0.15, 0.2) is 0 Å². The summed E-state index contributed by atoms with van der Waals surface area (Å²) in [5.74, 6) is -1.44. The summed E-state index contributed by atoms with van der Waals surface area (Å²) in [4.78, 5) is 24.5. The van der Waals surface area contributed by atoms with Crippen molar-refractivity contribution in [1.29, 1.82) is 0 Å². The fraction of sp³-hybridized carbons (Fsp3) is 0.920. The summed E-state index contributed by atoms with van der Waals surface area (Å²) < 4.78 is 15.0. The predicted octanol–water partition coefficient (Wildman–Crippen LogP) is 7.43. The maximum Gasteiger partial charge on any atom is 0.310 e. The molecule has 0 bridgehead atoms. The van der Waals surface area contributed by atoms with Gasteiger partial charge in [0.1, 0.15) is 0 Å². The molecule has 7 nitrogen and oxygen atoms in total. The molecule has 196 valence electrons. The SMILES string of the molecule is CCCCCCCCCCCCOC(=O)CC(CSOOO)C(=O)OCCCCCCCC. The van der Waals surface area contributed by atoms with Crippen LogP contribution < -0.4 is 0 Å². The number of esters is 2. The molecule has 0 amide bonds. The van der Waals surface area contributed by atoms with E-state index < -0.39 is 17.9 Å². The van der Waals surface area contributed by atoms with E-state index in [1.165, 1.54) is 64.2 Å². The minimum Gasteiger partial charge on any atom is -0.466 e. The van der Waals surface area contributed by atoms with Crippen molar-refractivity contribution in [1.82, 2.24) is 0 Å². The summed E-state index contributed by atoms with van der Waals surface area (Å²) in [5, 5.41) is 11.8. The van der Waals surface area contributed by atoms with Crippen molar-refractivity contribution >= 4 is 24.0 Å². The fourth-order valence-electron chi connectivity index (χ4n) is 3.55. The number of hydrogen-bond acceptors (Lipinski definition) is 8. The van der Waals surface area contributed by atoms with Crippen molar-refractivity contribution in [3.05, 3.63) is 0 Å². The highest BCUT2D eigenvalue weighted by atomic mass is 32.2. The molecule has 0 saturated heterocycles. The molecule has 0 aliphatic carbocycles. The summed E-state index contributed by atoms with van der Waals surface area (Å²) in [6.45, 7) is 5.12. The maximum atomic E-state index is 12.4. The van der Waals surface area contributed by atoms with Crippen LogP contribution in [0.25, 0.3) is 0 Å². The van der Waals surface area contributed by atoms with Crippen LogP contribution in [-0.4, -0.2) is 36.2 Å². The Morgan fingerprint density at radius 1 is 0.697 bits per heavy atom. The summed E-state index contributed by atoms with van der Waals surface area (Å²) in [5.41, 5.74) is 0. The van der Waals surface area contributed by atoms with Gasteiger partial charge in [-0.05, 0) is 12.8 Å². The van der Waals surface area contributed by atoms with E-state index in [1.54, 1.807) is 0 Å². The Morgan fingerprint density at radius 2 is 1.15 bits per heavy atom. The first kappa shape index (κ1) is 32.2. The summed E-state index contributed by atoms with van der Waals surface area (Å²) >= 11 is 0.749. The van der Waals surface area contributed by atoms with Gasteiger partial charge in [-0.1, -0.05) is 109 Å². The maximum absolute atomic E-state index is 12.4. The van der Waals surface area contributed by atoms with Crippen molar-refractivity contribution in [2.75, 3.05) is 19.0 Å². The minimum absolute atomic E-state index is 0.0745. The van der Waals surface area contributed by atoms with Crippen LogP contribution in [0.2, 0.25) is 0 Å². The normalized spacial score (nSPS) is 12.0. The number of rotatable bonds is 25. The van der Waals surface area contributed by atoms with Crippen molar-refractivity contribution in [2.24, 2.45) is 5.92 Å². The second-order valence-corrected chi connectivity index (χ2v) is 9.37. The monoisotopic (exact) mass is 492 g/mol. The topological polar surface area (TPSA) is 91.3 Å². The molecule has 0 aliphatic heterocycles. The van der Waals surface area contributed by atoms with Gasteiger partial charge in [-0.25, -0.2) is 5.26 Å². The van der Waals surface area contributed by atoms with E-state index in [2.05, 4.69) is 23.2 Å². The number of ether oxygens (including phenoxy) is 2. The summed E-state index contributed by atoms with van der Waals surface area (Å²) in [7, 11) is 0. The Hall–Kier alpha value is -0.830. The molecule has 33 heavy (non-hydrogen) atoms. The second kappa shape index (κ2) is 25.8. The molecule has 0 spiro atoms. The van der Waals surface area contributed by atoms with Gasteiger partial charge in [-0.2, -0.15) is 0 Å². The lowest BCUT2D eigenvalue weighted by molar-refractivity contribution is -0.432. The lowest BCUT2D eigenvalue weighted by Gasteiger charge is -2.14. The van der Waals surface area contributed by atoms with E-state index in [0.29, 0.717) is 13.2 Å². The minimum atomic E-state index is -0.703. The van der Waals surface area contributed by atoms with Gasteiger partial charge >= 0.3 is 11.9 Å². The molecule has 1 unspecified atom stereocenters. The smallest absolute Gasteiger partial charge is 0.310 e. The van der Waals surface area contributed by atoms with Gasteiger partial charge in [0.05, 0.1) is 25.6 Å². The molecule has 0 radical (unpaired) electrons. The zero-order chi connectivity index (χ0) is 24.4. The van der Waals surface area contributed by atoms with Gasteiger partial charge < -0.3 is 9.47 Å². The quantitative estimate of drug-likeness (QED) is 0.0462. The van der Waals surface area contributed by atoms with Gasteiger partial charge in [-0.15, -0.1) is 4.33 Å². The van der Waals surface area contributed by atoms with Gasteiger partial charge in [0.25, 0.3) is 0 Å². The molecule has 0 aromatic carbocycles. The van der Waals surface area contributed by atoms with Crippen molar-refractivity contribution in [3.8, 4) is 0 Å². The lowest BCUT2D eigenvalue weighted by Crippen LogP contribution is -2.25. The third-order valence-corrected chi connectivity index (χ3v) is 6.29. The van der Waals surface area contributed by atoms with E-state index in [0.717, 1.165) is 50.6 Å². The van der Waals surface area contributed by atoms with Crippen molar-refractivity contribution in [2.45, 2.75) is 123 Å². The molecule has 0 rings (SSSR count). The molecule has 8 heteroatoms. The second-order valence-electron chi connectivity index (χ2n) is 8.67. The first-order chi connectivity index (χ1) is 16.2. The molecule has 0 aromatic heterocycles. The van der Waals surface area contributed by atoms with Crippen LogP contribution >= 0.6 is 12.0 Å². The molecule has 0 aliphatic rings. The van der Waals surface area contributed by atoms with E-state index in [1.807, 2.05) is 0 Å². The van der Waals surface area contributed by atoms with Crippen LogP contribution in [0.5, 0.6) is 0 Å². The highest BCUT2D eigenvalue weighted by Gasteiger charge is 2.25. The molecule has 1 N–H and O–H groups in total. The van der Waals surface area contributed by atoms with E-state index >= 15 is 0 Å². The Balaban J connectivity index is 3.95. The van der Waals surface area contributed by atoms with Gasteiger partial charge in [0, 0.05) is 17.8 Å². The average Bonchev–Trinajstić information content (AvgIpc) is 2.81. The Kier molecular flexibility index (Phi) is 25.1. The first-order valence-corrected chi connectivity index (χ1v) is 14.0. The standard InChI is InChI=1S/C25H48O7S/c1-3-5-7-9-11-12-13-14-16-17-19-29-24(26)21-23(22-33-32-31-28)25(27)30-20-18-15-10-8-6-4-2/h23,28H,3-22H2,1-2H3. The largest absolute Gasteiger partial charge is 0.466 e. The third kappa shape index (κ3) is 22.7. The highest BCUT2D eigenvalue weighted by molar-refractivity contribution is 7.94. The van der Waals surface area contributed by atoms with Gasteiger partial charge in [0.15, 0.2) is 0 Å². The summed E-state index contributed by atoms with van der Waals surface area (Å²) in [6, 6.07) is 0. The Labute approximate surface area is 205 Å². The average molecular weight is 493 g/mol. The van der Waals surface area contributed by atoms with E-state index in [9.17, 15) is 9.59 Å². The number of unbranched alkanes of at least 4 members (excludes halogenated alkanes) is 14. The zero-order valence-electron chi connectivity index (χ0n) is 21.0. The number of carbonyl (C=O) groups is 2. The van der Waals surface area contributed by atoms with Gasteiger partial charge in [-0.3, -0.25) is 9.59 Å². The number of carbonyl (C=O) groups excluding carboxylic acids is 2. The molecular formula is C25H48O7S. The highest BCUT2D eigenvalue weighted by Crippen LogP contribution is 2.17. The van der Waals surface area contributed by atoms with Crippen LogP contribution in [0.4, 0.5) is 0 Å². The fourth-order valence-corrected chi connectivity index (χ4v) is 4.07. The molecular weight excluding hydrogens is 444 g/mol. The Bertz CT molecular complexity index is 448. The Morgan fingerprint density at radius 3 is 1.64 bits per heavy atom. The molecule has 0 fully saturated rings. The summed E-state index contributed by atoms with van der Waals surface area (Å²) in [6.07, 6.45) is 18.7. The van der Waals surface area contributed by atoms with E-state index in [4.69, 9.17) is 14.7 Å². The molecule has 0 heterocycles. The van der Waals surface area contributed by atoms with Crippen molar-refractivity contribution < 1.29 is 33.7 Å². The number of hydrogen-bond donors (Lipinski definition) is 1. The molecule has 1 atom stereocenters. The van der Waals surface area contributed by atoms with Crippen LogP contribution in [-0.2, 0) is 28.4 Å². The first-order valence-electron chi connectivity index (χ1n) is 13.1. The third-order valence-electron chi connectivity index (χ3n) is 5.60. The molecule has 0 aromatic rings. The van der Waals surface area contributed by atoms with Gasteiger partial charge in [0.2, 0.25) is 0 Å². The predicted molar refractivity (Wildman–Crippen MR) is 133 cm³/mol. The lowest BCUT2D eigenvalue weighted by atomic mass is 10.1. The van der Waals surface area contributed by atoms with E-state index in [-0.39, 0.29) is 12.2 Å². The molecule has 0 saturated carbocycles.